The molecule has 3 N–H and O–H groups in total. The van der Waals surface area contributed by atoms with Crippen LogP contribution in [0.5, 0.6) is 0 Å². The van der Waals surface area contributed by atoms with Crippen LogP contribution in [0.2, 0.25) is 0 Å². The number of piperidine rings is 1. The number of carbonyl (C=O) groups excluding carboxylic acids is 2. The molecule has 2 amide bonds. The highest BCUT2D eigenvalue weighted by Crippen LogP contribution is 2.37. The van der Waals surface area contributed by atoms with E-state index in [2.05, 4.69) is 5.32 Å². The molecule has 9 heteroatoms. The summed E-state index contributed by atoms with van der Waals surface area (Å²) in [6.45, 7) is 2.32. The summed E-state index contributed by atoms with van der Waals surface area (Å²) in [6.07, 6.45) is 1.73. The summed E-state index contributed by atoms with van der Waals surface area (Å²) in [6, 6.07) is 15.0. The van der Waals surface area contributed by atoms with Crippen LogP contribution in [0.1, 0.15) is 42.1 Å². The number of fused-ring (bicyclic) bond motifs is 1. The lowest BCUT2D eigenvalue weighted by atomic mass is 9.91. The Morgan fingerprint density at radius 2 is 1.65 bits per heavy atom. The Kier molecular flexibility index (Phi) is 8.23. The first kappa shape index (κ1) is 26.3. The third-order valence-corrected chi connectivity index (χ3v) is 7.47. The number of benzene rings is 2. The number of carboxylic acid groups (broad SMARTS) is 2. The van der Waals surface area contributed by atoms with Gasteiger partial charge in [0.15, 0.2) is 0 Å². The number of hydrogen-bond donors (Lipinski definition) is 3. The smallest absolute Gasteiger partial charge is 0.326 e. The highest BCUT2D eigenvalue weighted by atomic mass is 16.4. The molecule has 5 atom stereocenters. The number of aryl methyl sites for hydroxylation is 1. The average molecular weight is 508 g/mol. The van der Waals surface area contributed by atoms with Gasteiger partial charge in [-0.05, 0) is 56.2 Å². The molecule has 0 unspecified atom stereocenters. The summed E-state index contributed by atoms with van der Waals surface area (Å²) >= 11 is 0. The Labute approximate surface area is 216 Å². The lowest BCUT2D eigenvalue weighted by Gasteiger charge is -2.40. The summed E-state index contributed by atoms with van der Waals surface area (Å²) in [4.78, 5) is 53.8. The van der Waals surface area contributed by atoms with Crippen LogP contribution in [0, 0.1) is 5.92 Å². The zero-order valence-corrected chi connectivity index (χ0v) is 20.8. The van der Waals surface area contributed by atoms with Gasteiger partial charge in [-0.2, -0.15) is 0 Å². The van der Waals surface area contributed by atoms with Crippen molar-refractivity contribution in [2.45, 2.75) is 56.8 Å². The van der Waals surface area contributed by atoms with Crippen molar-refractivity contribution in [3.8, 4) is 0 Å². The first-order valence-corrected chi connectivity index (χ1v) is 12.7. The summed E-state index contributed by atoms with van der Waals surface area (Å²) in [5.74, 6) is -2.80. The zero-order valence-electron chi connectivity index (χ0n) is 20.8. The second kappa shape index (κ2) is 11.6. The maximum atomic E-state index is 13.6. The third-order valence-electron chi connectivity index (χ3n) is 7.47. The van der Waals surface area contributed by atoms with Gasteiger partial charge in [0.25, 0.3) is 5.91 Å². The fraction of sp³-hybridized carbons (Fsp3) is 0.429. The highest BCUT2D eigenvalue weighted by Gasteiger charge is 2.50. The van der Waals surface area contributed by atoms with Crippen LogP contribution in [0.25, 0.3) is 0 Å². The second-order valence-corrected chi connectivity index (χ2v) is 9.87. The third kappa shape index (κ3) is 5.99. The molecule has 9 nitrogen and oxygen atoms in total. The minimum Gasteiger partial charge on any atom is -0.480 e. The Hall–Kier alpha value is -3.72. The summed E-state index contributed by atoms with van der Waals surface area (Å²) < 4.78 is 0. The van der Waals surface area contributed by atoms with Crippen LogP contribution in [0.15, 0.2) is 60.7 Å². The van der Waals surface area contributed by atoms with E-state index in [4.69, 9.17) is 0 Å². The second-order valence-electron chi connectivity index (χ2n) is 9.87. The number of nitrogens with zero attached hydrogens (tertiary/aromatic N) is 2. The number of likely N-dealkylation sites (tertiary alicyclic amines) is 2. The molecular formula is C28H33N3O6. The average Bonchev–Trinajstić information content (AvgIpc) is 3.30. The van der Waals surface area contributed by atoms with E-state index < -0.39 is 42.0 Å². The van der Waals surface area contributed by atoms with Crippen molar-refractivity contribution in [1.29, 1.82) is 0 Å². The van der Waals surface area contributed by atoms with Crippen LogP contribution in [-0.4, -0.2) is 81.0 Å². The molecule has 0 spiro atoms. The lowest BCUT2D eigenvalue weighted by molar-refractivity contribution is -0.151. The molecule has 196 valence electrons. The van der Waals surface area contributed by atoms with Gasteiger partial charge < -0.3 is 20.0 Å². The fourth-order valence-corrected chi connectivity index (χ4v) is 5.52. The van der Waals surface area contributed by atoms with Crippen molar-refractivity contribution in [3.05, 3.63) is 71.8 Å². The Balaban J connectivity index is 1.47. The Morgan fingerprint density at radius 1 is 1.00 bits per heavy atom. The molecule has 0 aliphatic carbocycles. The quantitative estimate of drug-likeness (QED) is 0.475. The van der Waals surface area contributed by atoms with E-state index in [1.54, 1.807) is 36.1 Å². The number of amides is 2. The number of carboxylic acids is 2. The monoisotopic (exact) mass is 507 g/mol. The molecule has 2 aromatic rings. The standard InChI is InChI=1S/C28H33N3O6/c1-18(29-22(27(34)35)13-12-19-8-4-2-5-9-19)25(32)31-23(28(36)37)16-21-14-15-30(17-24(21)31)26(33)20-10-6-3-7-11-20/h2-11,18,21-24,29H,12-17H2,1H3,(H,34,35)(H,36,37)/t18-,21-,22+,23-,24+/m0/s1. The van der Waals surface area contributed by atoms with Crippen LogP contribution in [-0.2, 0) is 20.8 Å². The van der Waals surface area contributed by atoms with Crippen molar-refractivity contribution in [3.63, 3.8) is 0 Å². The minimum atomic E-state index is -1.09. The zero-order chi connectivity index (χ0) is 26.5. The number of hydrogen-bond acceptors (Lipinski definition) is 5. The molecule has 2 aromatic carbocycles. The summed E-state index contributed by atoms with van der Waals surface area (Å²) in [7, 11) is 0. The first-order chi connectivity index (χ1) is 17.8. The minimum absolute atomic E-state index is 0.0366. The van der Waals surface area contributed by atoms with E-state index >= 15 is 0 Å². The van der Waals surface area contributed by atoms with E-state index in [1.165, 1.54) is 4.90 Å². The molecule has 2 aliphatic rings. The molecule has 2 fully saturated rings. The van der Waals surface area contributed by atoms with Gasteiger partial charge in [-0.15, -0.1) is 0 Å². The van der Waals surface area contributed by atoms with Crippen molar-refractivity contribution < 1.29 is 29.4 Å². The first-order valence-electron chi connectivity index (χ1n) is 12.7. The van der Waals surface area contributed by atoms with Crippen LogP contribution in [0.3, 0.4) is 0 Å². The SMILES string of the molecule is C[C@H](N[C@H](CCc1ccccc1)C(=O)O)C(=O)N1[C@@H]2CN(C(=O)c3ccccc3)CC[C@H]2C[C@H]1C(=O)O. The largest absolute Gasteiger partial charge is 0.480 e. The predicted octanol–water partition coefficient (Wildman–Crippen LogP) is 2.27. The molecule has 2 saturated heterocycles. The van der Waals surface area contributed by atoms with Crippen LogP contribution in [0.4, 0.5) is 0 Å². The van der Waals surface area contributed by atoms with Gasteiger partial charge in [0.2, 0.25) is 5.91 Å². The van der Waals surface area contributed by atoms with Gasteiger partial charge in [-0.25, -0.2) is 4.79 Å². The Bertz CT molecular complexity index is 1130. The number of rotatable bonds is 9. The number of aliphatic carboxylic acids is 2. The van der Waals surface area contributed by atoms with Crippen molar-refractivity contribution in [2.24, 2.45) is 5.92 Å². The molecule has 37 heavy (non-hydrogen) atoms. The normalized spacial score (nSPS) is 22.7. The lowest BCUT2D eigenvalue weighted by Crippen LogP contribution is -2.58. The van der Waals surface area contributed by atoms with E-state index in [0.29, 0.717) is 31.4 Å². The fourth-order valence-electron chi connectivity index (χ4n) is 5.52. The summed E-state index contributed by atoms with van der Waals surface area (Å²) in [5, 5.41) is 22.6. The molecule has 4 rings (SSSR count). The number of carbonyl (C=O) groups is 4. The topological polar surface area (TPSA) is 127 Å². The number of nitrogens with one attached hydrogen (secondary N) is 1. The molecule has 0 radical (unpaired) electrons. The van der Waals surface area contributed by atoms with E-state index in [-0.39, 0.29) is 24.8 Å². The molecule has 0 saturated carbocycles. The van der Waals surface area contributed by atoms with Crippen LogP contribution >= 0.6 is 0 Å². The maximum absolute atomic E-state index is 13.6. The van der Waals surface area contributed by atoms with Gasteiger partial charge in [0, 0.05) is 18.7 Å². The van der Waals surface area contributed by atoms with E-state index in [9.17, 15) is 29.4 Å². The van der Waals surface area contributed by atoms with Gasteiger partial charge in [-0.3, -0.25) is 19.7 Å². The maximum Gasteiger partial charge on any atom is 0.326 e. The van der Waals surface area contributed by atoms with Gasteiger partial charge >= 0.3 is 11.9 Å². The highest BCUT2D eigenvalue weighted by molar-refractivity contribution is 5.94. The van der Waals surface area contributed by atoms with E-state index in [0.717, 1.165) is 5.56 Å². The van der Waals surface area contributed by atoms with Gasteiger partial charge in [0.05, 0.1) is 12.1 Å². The van der Waals surface area contributed by atoms with E-state index in [1.807, 2.05) is 36.4 Å². The van der Waals surface area contributed by atoms with Gasteiger partial charge in [-0.1, -0.05) is 48.5 Å². The van der Waals surface area contributed by atoms with Crippen molar-refractivity contribution in [1.82, 2.24) is 15.1 Å². The molecule has 2 heterocycles. The molecule has 0 aromatic heterocycles. The predicted molar refractivity (Wildman–Crippen MR) is 136 cm³/mol. The van der Waals surface area contributed by atoms with Crippen molar-refractivity contribution >= 4 is 23.8 Å². The molecule has 2 aliphatic heterocycles. The Morgan fingerprint density at radius 3 is 2.27 bits per heavy atom. The van der Waals surface area contributed by atoms with Crippen LogP contribution < -0.4 is 5.32 Å². The van der Waals surface area contributed by atoms with Crippen molar-refractivity contribution in [2.75, 3.05) is 13.1 Å². The van der Waals surface area contributed by atoms with Gasteiger partial charge in [0.1, 0.15) is 12.1 Å². The molecule has 0 bridgehead atoms. The molecular weight excluding hydrogens is 474 g/mol. The summed E-state index contributed by atoms with van der Waals surface area (Å²) in [5.41, 5.74) is 1.54.